The topological polar surface area (TPSA) is 64.8 Å². The van der Waals surface area contributed by atoms with Crippen LogP contribution in [-0.4, -0.2) is 28.9 Å². The number of rotatable bonds is 5. The van der Waals surface area contributed by atoms with Crippen molar-refractivity contribution in [3.05, 3.63) is 67.1 Å². The molecule has 0 aliphatic rings. The molecule has 3 rings (SSSR count). The third-order valence-corrected chi connectivity index (χ3v) is 5.08. The van der Waals surface area contributed by atoms with Crippen molar-refractivity contribution in [1.82, 2.24) is 14.8 Å². The molecule has 1 aromatic carbocycles. The molecule has 0 spiro atoms. The van der Waals surface area contributed by atoms with Crippen molar-refractivity contribution >= 4 is 9.84 Å². The second-order valence-corrected chi connectivity index (χ2v) is 6.92. The number of pyridine rings is 1. The van der Waals surface area contributed by atoms with Crippen LogP contribution in [0.15, 0.2) is 72.0 Å². The van der Waals surface area contributed by atoms with Crippen molar-refractivity contribution in [3.63, 3.8) is 0 Å². The number of sulfone groups is 1. The highest BCUT2D eigenvalue weighted by molar-refractivity contribution is 7.91. The number of hydrogen-bond acceptors (Lipinski definition) is 4. The van der Waals surface area contributed by atoms with Gasteiger partial charge in [-0.05, 0) is 30.3 Å². The summed E-state index contributed by atoms with van der Waals surface area (Å²) in [6, 6.07) is 14.1. The first-order valence-electron chi connectivity index (χ1n) is 6.87. The first-order chi connectivity index (χ1) is 10.7. The van der Waals surface area contributed by atoms with Crippen molar-refractivity contribution in [2.75, 3.05) is 5.75 Å². The average Bonchev–Trinajstić information content (AvgIpc) is 3.03. The van der Waals surface area contributed by atoms with E-state index in [1.165, 1.54) is 0 Å². The molecule has 0 saturated carbocycles. The van der Waals surface area contributed by atoms with Gasteiger partial charge in [-0.1, -0.05) is 18.2 Å². The van der Waals surface area contributed by atoms with Crippen LogP contribution in [0.2, 0.25) is 0 Å². The van der Waals surface area contributed by atoms with Crippen LogP contribution in [0.4, 0.5) is 0 Å². The van der Waals surface area contributed by atoms with E-state index in [4.69, 9.17) is 0 Å². The standard InChI is InChI=1S/C16H15N3O2S/c20-22(21,15-4-2-1-3-5-15)13-12-19-16(8-11-18-19)14-6-9-17-10-7-14/h1-11H,12-13H2. The summed E-state index contributed by atoms with van der Waals surface area (Å²) in [5.74, 6) is 0.0107. The lowest BCUT2D eigenvalue weighted by Crippen LogP contribution is -2.14. The molecule has 22 heavy (non-hydrogen) atoms. The zero-order chi connectivity index (χ0) is 15.4. The highest BCUT2D eigenvalue weighted by atomic mass is 32.2. The Morgan fingerprint density at radius 3 is 2.36 bits per heavy atom. The Balaban J connectivity index is 1.80. The summed E-state index contributed by atoms with van der Waals surface area (Å²) in [5, 5.41) is 4.22. The molecular weight excluding hydrogens is 298 g/mol. The van der Waals surface area contributed by atoms with E-state index in [1.807, 2.05) is 18.2 Å². The van der Waals surface area contributed by atoms with Crippen LogP contribution < -0.4 is 0 Å². The molecule has 2 aromatic heterocycles. The lowest BCUT2D eigenvalue weighted by Gasteiger charge is -2.08. The van der Waals surface area contributed by atoms with Crippen LogP contribution in [0.1, 0.15) is 0 Å². The minimum atomic E-state index is -3.31. The first kappa shape index (κ1) is 14.5. The summed E-state index contributed by atoms with van der Waals surface area (Å²) in [4.78, 5) is 4.32. The normalized spacial score (nSPS) is 11.5. The Kier molecular flexibility index (Phi) is 4.02. The minimum Gasteiger partial charge on any atom is -0.265 e. The van der Waals surface area contributed by atoms with Crippen molar-refractivity contribution in [3.8, 4) is 11.3 Å². The summed E-state index contributed by atoms with van der Waals surface area (Å²) in [6.07, 6.45) is 5.08. The molecule has 0 aliphatic heterocycles. The second kappa shape index (κ2) is 6.11. The molecule has 0 bridgehead atoms. The second-order valence-electron chi connectivity index (χ2n) is 4.81. The molecule has 0 saturated heterocycles. The molecule has 112 valence electrons. The van der Waals surface area contributed by atoms with Gasteiger partial charge in [0.05, 0.1) is 22.9 Å². The van der Waals surface area contributed by atoms with Crippen LogP contribution in [0.25, 0.3) is 11.3 Å². The number of hydrogen-bond donors (Lipinski definition) is 0. The molecular formula is C16H15N3O2S. The summed E-state index contributed by atoms with van der Waals surface area (Å²) < 4.78 is 26.4. The van der Waals surface area contributed by atoms with Crippen molar-refractivity contribution in [2.45, 2.75) is 11.4 Å². The number of benzene rings is 1. The predicted molar refractivity (Wildman–Crippen MR) is 84.0 cm³/mol. The fourth-order valence-electron chi connectivity index (χ4n) is 2.23. The lowest BCUT2D eigenvalue weighted by molar-refractivity contribution is 0.582. The van der Waals surface area contributed by atoms with Gasteiger partial charge in [-0.3, -0.25) is 9.67 Å². The molecule has 0 unspecified atom stereocenters. The average molecular weight is 313 g/mol. The molecule has 0 amide bonds. The molecule has 0 radical (unpaired) electrons. The molecule has 0 N–H and O–H groups in total. The van der Waals surface area contributed by atoms with E-state index < -0.39 is 9.84 Å². The number of nitrogens with zero attached hydrogens (tertiary/aromatic N) is 3. The fraction of sp³-hybridized carbons (Fsp3) is 0.125. The monoisotopic (exact) mass is 313 g/mol. The third-order valence-electron chi connectivity index (χ3n) is 3.37. The van der Waals surface area contributed by atoms with Gasteiger partial charge in [0.15, 0.2) is 9.84 Å². The van der Waals surface area contributed by atoms with E-state index in [0.29, 0.717) is 11.4 Å². The number of aryl methyl sites for hydroxylation is 1. The van der Waals surface area contributed by atoms with Crippen molar-refractivity contribution in [2.24, 2.45) is 0 Å². The fourth-order valence-corrected chi connectivity index (χ4v) is 3.45. The van der Waals surface area contributed by atoms with E-state index in [0.717, 1.165) is 11.3 Å². The molecule has 0 aliphatic carbocycles. The van der Waals surface area contributed by atoms with Gasteiger partial charge in [0.2, 0.25) is 0 Å². The van der Waals surface area contributed by atoms with Crippen LogP contribution in [0, 0.1) is 0 Å². The van der Waals surface area contributed by atoms with E-state index in [9.17, 15) is 8.42 Å². The SMILES string of the molecule is O=S(=O)(CCn1nccc1-c1ccncc1)c1ccccc1. The summed E-state index contributed by atoms with van der Waals surface area (Å²) >= 11 is 0. The maximum Gasteiger partial charge on any atom is 0.180 e. The minimum absolute atomic E-state index is 0.0107. The zero-order valence-corrected chi connectivity index (χ0v) is 12.6. The zero-order valence-electron chi connectivity index (χ0n) is 11.8. The van der Waals surface area contributed by atoms with Crippen LogP contribution in [-0.2, 0) is 16.4 Å². The van der Waals surface area contributed by atoms with E-state index in [-0.39, 0.29) is 5.75 Å². The van der Waals surface area contributed by atoms with Crippen LogP contribution in [0.5, 0.6) is 0 Å². The lowest BCUT2D eigenvalue weighted by atomic mass is 10.2. The van der Waals surface area contributed by atoms with Gasteiger partial charge < -0.3 is 0 Å². The molecule has 6 heteroatoms. The summed E-state index contributed by atoms with van der Waals surface area (Å²) in [6.45, 7) is 0.307. The maximum atomic E-state index is 12.3. The van der Waals surface area contributed by atoms with Crippen molar-refractivity contribution < 1.29 is 8.42 Å². The van der Waals surface area contributed by atoms with E-state index >= 15 is 0 Å². The highest BCUT2D eigenvalue weighted by Gasteiger charge is 2.15. The Hall–Kier alpha value is -2.47. The predicted octanol–water partition coefficient (Wildman–Crippen LogP) is 2.42. The Bertz CT molecular complexity index is 843. The van der Waals surface area contributed by atoms with Gasteiger partial charge in [0, 0.05) is 24.2 Å². The molecule has 2 heterocycles. The van der Waals surface area contributed by atoms with Crippen molar-refractivity contribution in [1.29, 1.82) is 0 Å². The van der Waals surface area contributed by atoms with Gasteiger partial charge in [0.1, 0.15) is 0 Å². The quantitative estimate of drug-likeness (QED) is 0.725. The Labute approximate surface area is 129 Å². The largest absolute Gasteiger partial charge is 0.265 e. The Morgan fingerprint density at radius 2 is 1.64 bits per heavy atom. The Morgan fingerprint density at radius 1 is 0.909 bits per heavy atom. The molecule has 0 fully saturated rings. The summed E-state index contributed by atoms with van der Waals surface area (Å²) in [5.41, 5.74) is 1.84. The maximum absolute atomic E-state index is 12.3. The van der Waals surface area contributed by atoms with Crippen LogP contribution in [0.3, 0.4) is 0 Å². The molecule has 3 aromatic rings. The smallest absolute Gasteiger partial charge is 0.180 e. The first-order valence-corrected chi connectivity index (χ1v) is 8.52. The number of aromatic nitrogens is 3. The van der Waals surface area contributed by atoms with E-state index in [2.05, 4.69) is 10.1 Å². The summed E-state index contributed by atoms with van der Waals surface area (Å²) in [7, 11) is -3.31. The van der Waals surface area contributed by atoms with Crippen LogP contribution >= 0.6 is 0 Å². The van der Waals surface area contributed by atoms with Gasteiger partial charge in [-0.2, -0.15) is 5.10 Å². The van der Waals surface area contributed by atoms with Gasteiger partial charge in [0.25, 0.3) is 0 Å². The molecule has 0 atom stereocenters. The van der Waals surface area contributed by atoms with E-state index in [1.54, 1.807) is 53.6 Å². The molecule has 5 nitrogen and oxygen atoms in total. The van der Waals surface area contributed by atoms with Gasteiger partial charge in [-0.25, -0.2) is 8.42 Å². The third kappa shape index (κ3) is 3.07. The highest BCUT2D eigenvalue weighted by Crippen LogP contribution is 2.18. The van der Waals surface area contributed by atoms with Gasteiger partial charge in [-0.15, -0.1) is 0 Å². The van der Waals surface area contributed by atoms with Gasteiger partial charge >= 0.3 is 0 Å².